The number of rotatable bonds is 3. The van der Waals surface area contributed by atoms with Crippen molar-refractivity contribution in [2.45, 2.75) is 28.1 Å². The summed E-state index contributed by atoms with van der Waals surface area (Å²) in [5.74, 6) is -0.00865. The predicted octanol–water partition coefficient (Wildman–Crippen LogP) is 5.38. The van der Waals surface area contributed by atoms with Gasteiger partial charge in [0.15, 0.2) is 4.33 Å². The monoisotopic (exact) mass is 348 g/mol. The first kappa shape index (κ1) is 16.7. The molecule has 0 saturated carbocycles. The molecule has 0 heterocycles. The van der Waals surface area contributed by atoms with Crippen molar-refractivity contribution in [1.82, 2.24) is 0 Å². The van der Waals surface area contributed by atoms with Crippen molar-refractivity contribution in [2.24, 2.45) is 5.92 Å². The molecule has 1 atom stereocenters. The van der Waals surface area contributed by atoms with E-state index in [1.807, 2.05) is 13.8 Å². The Labute approximate surface area is 132 Å². The maximum atomic E-state index is 10.2. The van der Waals surface area contributed by atoms with E-state index in [9.17, 15) is 5.11 Å². The fourth-order valence-electron chi connectivity index (χ4n) is 1.55. The molecule has 0 spiro atoms. The lowest BCUT2D eigenvalue weighted by molar-refractivity contribution is 0.125. The summed E-state index contributed by atoms with van der Waals surface area (Å²) in [4.78, 5) is 0. The van der Waals surface area contributed by atoms with Crippen molar-refractivity contribution in [3.63, 3.8) is 0 Å². The second-order valence-corrected chi connectivity index (χ2v) is 7.96. The Kier molecular flexibility index (Phi) is 5.51. The minimum Gasteiger partial charge on any atom is -0.388 e. The molecule has 1 N–H and O–H groups in total. The highest BCUT2D eigenvalue weighted by Crippen LogP contribution is 2.54. The molecule has 0 aromatic heterocycles. The van der Waals surface area contributed by atoms with E-state index >= 15 is 0 Å². The van der Waals surface area contributed by atoms with Crippen LogP contribution in [0.3, 0.4) is 0 Å². The van der Waals surface area contributed by atoms with Crippen molar-refractivity contribution in [1.29, 1.82) is 0 Å². The van der Waals surface area contributed by atoms with Gasteiger partial charge in [0.05, 0.1) is 6.10 Å². The topological polar surface area (TPSA) is 20.2 Å². The smallest absolute Gasteiger partial charge is 0.227 e. The van der Waals surface area contributed by atoms with Crippen LogP contribution in [-0.4, -0.2) is 8.90 Å². The molecule has 18 heavy (non-hydrogen) atoms. The zero-order valence-electron chi connectivity index (χ0n) is 9.80. The maximum absolute atomic E-state index is 10.2. The van der Waals surface area contributed by atoms with Crippen LogP contribution in [0.1, 0.15) is 31.1 Å². The van der Waals surface area contributed by atoms with Crippen LogP contribution in [0.25, 0.3) is 0 Å². The quantitative estimate of drug-likeness (QED) is 0.726. The van der Waals surface area contributed by atoms with E-state index in [4.69, 9.17) is 58.0 Å². The third-order valence-corrected chi connectivity index (χ3v) is 5.01. The van der Waals surface area contributed by atoms with Gasteiger partial charge in [0, 0.05) is 0 Å². The van der Waals surface area contributed by atoms with Crippen LogP contribution in [0.15, 0.2) is 24.3 Å². The second-order valence-electron chi connectivity index (χ2n) is 4.35. The fraction of sp³-hybridized carbons (Fsp3) is 0.500. The van der Waals surface area contributed by atoms with Crippen LogP contribution in [0, 0.1) is 5.92 Å². The summed E-state index contributed by atoms with van der Waals surface area (Å²) in [6.45, 7) is 3.75. The van der Waals surface area contributed by atoms with E-state index < -0.39 is 14.2 Å². The van der Waals surface area contributed by atoms with Gasteiger partial charge < -0.3 is 5.11 Å². The third-order valence-electron chi connectivity index (χ3n) is 2.61. The number of alkyl halides is 5. The summed E-state index contributed by atoms with van der Waals surface area (Å²) in [5.41, 5.74) is 0.957. The number of hydrogen-bond donors (Lipinski definition) is 1. The number of halogens is 5. The van der Waals surface area contributed by atoms with Crippen molar-refractivity contribution in [3.05, 3.63) is 35.4 Å². The minimum atomic E-state index is -1.90. The van der Waals surface area contributed by atoms with Gasteiger partial charge in [-0.15, -0.1) is 0 Å². The van der Waals surface area contributed by atoms with Gasteiger partial charge in [-0.3, -0.25) is 0 Å². The molecule has 0 bridgehead atoms. The molecule has 0 aliphatic rings. The fourth-order valence-corrected chi connectivity index (χ4v) is 2.20. The molecule has 1 nitrogen and oxygen atoms in total. The summed E-state index contributed by atoms with van der Waals surface area (Å²) < 4.78 is -3.63. The van der Waals surface area contributed by atoms with Crippen molar-refractivity contribution in [2.75, 3.05) is 0 Å². The third kappa shape index (κ3) is 3.39. The van der Waals surface area contributed by atoms with Gasteiger partial charge >= 0.3 is 0 Å². The van der Waals surface area contributed by atoms with Crippen LogP contribution in [-0.2, 0) is 4.33 Å². The lowest BCUT2D eigenvalue weighted by atomic mass is 9.93. The van der Waals surface area contributed by atoms with E-state index in [0.29, 0.717) is 11.1 Å². The Morgan fingerprint density at radius 2 is 1.50 bits per heavy atom. The number of aliphatic hydroxyl groups is 1. The molecule has 0 aliphatic heterocycles. The van der Waals surface area contributed by atoms with Gasteiger partial charge in [-0.25, -0.2) is 0 Å². The molecule has 0 aliphatic carbocycles. The van der Waals surface area contributed by atoms with Gasteiger partial charge in [0.1, 0.15) is 0 Å². The van der Waals surface area contributed by atoms with E-state index in [1.165, 1.54) is 0 Å². The number of hydrogen-bond acceptors (Lipinski definition) is 1. The zero-order valence-corrected chi connectivity index (χ0v) is 13.6. The summed E-state index contributed by atoms with van der Waals surface area (Å²) >= 11 is 29.7. The largest absolute Gasteiger partial charge is 0.388 e. The van der Waals surface area contributed by atoms with Gasteiger partial charge in [-0.1, -0.05) is 96.1 Å². The van der Waals surface area contributed by atoms with Crippen LogP contribution < -0.4 is 0 Å². The highest BCUT2D eigenvalue weighted by Gasteiger charge is 2.48. The molecule has 1 aromatic carbocycles. The molecule has 102 valence electrons. The van der Waals surface area contributed by atoms with Crippen LogP contribution >= 0.6 is 58.0 Å². The summed E-state index contributed by atoms with van der Waals surface area (Å²) in [7, 11) is 0. The normalized spacial score (nSPS) is 14.9. The Morgan fingerprint density at radius 3 is 1.94 bits per heavy atom. The standard InChI is InChI=1S/C12H13Cl5O/c1-7(2)10(18)8-5-3-4-6-9(8)11(13,14)12(15,16)17/h3-7,10,18H,1-2H3. The molecule has 6 heteroatoms. The minimum absolute atomic E-state index is 0.00865. The maximum Gasteiger partial charge on any atom is 0.227 e. The Bertz CT molecular complexity index is 411. The SMILES string of the molecule is CC(C)C(O)c1ccccc1C(Cl)(Cl)C(Cl)(Cl)Cl. The van der Waals surface area contributed by atoms with Gasteiger partial charge in [-0.05, 0) is 17.0 Å². The van der Waals surface area contributed by atoms with E-state index in [0.717, 1.165) is 0 Å². The molecule has 0 amide bonds. The van der Waals surface area contributed by atoms with Gasteiger partial charge in [-0.2, -0.15) is 0 Å². The van der Waals surface area contributed by atoms with E-state index in [-0.39, 0.29) is 5.92 Å². The molecule has 0 radical (unpaired) electrons. The van der Waals surface area contributed by atoms with Gasteiger partial charge in [0.25, 0.3) is 0 Å². The number of benzene rings is 1. The molecular formula is C12H13Cl5O. The van der Waals surface area contributed by atoms with Crippen LogP contribution in [0.2, 0.25) is 0 Å². The first-order valence-corrected chi connectivity index (χ1v) is 7.20. The van der Waals surface area contributed by atoms with Gasteiger partial charge in [0.2, 0.25) is 3.79 Å². The highest BCUT2D eigenvalue weighted by molar-refractivity contribution is 6.75. The van der Waals surface area contributed by atoms with Crippen LogP contribution in [0.5, 0.6) is 0 Å². The van der Waals surface area contributed by atoms with Crippen LogP contribution in [0.4, 0.5) is 0 Å². The Hall–Kier alpha value is 0.630. The van der Waals surface area contributed by atoms with Crippen molar-refractivity contribution >= 4 is 58.0 Å². The molecule has 1 unspecified atom stereocenters. The number of aliphatic hydroxyl groups excluding tert-OH is 1. The highest BCUT2D eigenvalue weighted by atomic mass is 35.6. The van der Waals surface area contributed by atoms with Crippen molar-refractivity contribution < 1.29 is 5.11 Å². The van der Waals surface area contributed by atoms with Crippen molar-refractivity contribution in [3.8, 4) is 0 Å². The lowest BCUT2D eigenvalue weighted by Crippen LogP contribution is -2.30. The Morgan fingerprint density at radius 1 is 1.00 bits per heavy atom. The first-order chi connectivity index (χ1) is 8.09. The van der Waals surface area contributed by atoms with E-state index in [2.05, 4.69) is 0 Å². The second kappa shape index (κ2) is 5.95. The average Bonchev–Trinajstić information content (AvgIpc) is 2.26. The molecule has 1 rings (SSSR count). The summed E-state index contributed by atoms with van der Waals surface area (Å²) in [6.07, 6.45) is -0.731. The summed E-state index contributed by atoms with van der Waals surface area (Å²) in [5, 5.41) is 10.2. The average molecular weight is 350 g/mol. The summed E-state index contributed by atoms with van der Waals surface area (Å²) in [6, 6.07) is 6.85. The predicted molar refractivity (Wildman–Crippen MR) is 79.9 cm³/mol. The molecule has 0 fully saturated rings. The van der Waals surface area contributed by atoms with E-state index in [1.54, 1.807) is 24.3 Å². The zero-order chi connectivity index (χ0) is 14.1. The lowest BCUT2D eigenvalue weighted by Gasteiger charge is -2.31. The Balaban J connectivity index is 3.34. The molecular weight excluding hydrogens is 337 g/mol. The molecule has 0 saturated heterocycles. The molecule has 1 aromatic rings. The first-order valence-electron chi connectivity index (χ1n) is 5.31.